The molecule has 2 nitrogen and oxygen atoms in total. The Balaban J connectivity index is 2.53. The van der Waals surface area contributed by atoms with Gasteiger partial charge in [0, 0.05) is 15.1 Å². The number of benzene rings is 2. The van der Waals surface area contributed by atoms with E-state index in [1.165, 1.54) is 0 Å². The molecule has 0 amide bonds. The zero-order valence-corrected chi connectivity index (χ0v) is 13.1. The van der Waals surface area contributed by atoms with E-state index >= 15 is 0 Å². The van der Waals surface area contributed by atoms with Crippen LogP contribution < -0.4 is 10.1 Å². The average molecular weight is 341 g/mol. The first-order chi connectivity index (χ1) is 9.17. The summed E-state index contributed by atoms with van der Waals surface area (Å²) in [6, 6.07) is 13.8. The molecule has 0 fully saturated rings. The Bertz CT molecular complexity index is 574. The summed E-state index contributed by atoms with van der Waals surface area (Å²) < 4.78 is 6.43. The van der Waals surface area contributed by atoms with Crippen molar-refractivity contribution in [2.75, 3.05) is 14.2 Å². The van der Waals surface area contributed by atoms with Crippen LogP contribution in [0, 0.1) is 0 Å². The third kappa shape index (κ3) is 3.11. The first-order valence-electron chi connectivity index (χ1n) is 5.92. The molecule has 100 valence electrons. The molecule has 2 aromatic carbocycles. The van der Waals surface area contributed by atoms with Gasteiger partial charge in [0.1, 0.15) is 5.75 Å². The topological polar surface area (TPSA) is 21.3 Å². The molecule has 1 N–H and O–H groups in total. The minimum Gasteiger partial charge on any atom is -0.496 e. The molecular weight excluding hydrogens is 326 g/mol. The zero-order chi connectivity index (χ0) is 13.8. The van der Waals surface area contributed by atoms with Gasteiger partial charge < -0.3 is 10.1 Å². The summed E-state index contributed by atoms with van der Waals surface area (Å²) in [5.41, 5.74) is 2.08. The molecule has 2 aromatic rings. The van der Waals surface area contributed by atoms with Crippen LogP contribution in [0.2, 0.25) is 5.02 Å². The normalized spacial score (nSPS) is 12.2. The lowest BCUT2D eigenvalue weighted by atomic mass is 9.98. The molecule has 0 bridgehead atoms. The second-order valence-electron chi connectivity index (χ2n) is 4.13. The Kier molecular flexibility index (Phi) is 4.86. The lowest BCUT2D eigenvalue weighted by Gasteiger charge is -2.21. The third-order valence-corrected chi connectivity index (χ3v) is 3.85. The highest BCUT2D eigenvalue weighted by Gasteiger charge is 2.18. The van der Waals surface area contributed by atoms with Gasteiger partial charge in [0.15, 0.2) is 0 Å². The minimum absolute atomic E-state index is 0.0128. The first kappa shape index (κ1) is 14.4. The van der Waals surface area contributed by atoms with Crippen molar-refractivity contribution < 1.29 is 4.74 Å². The summed E-state index contributed by atoms with van der Waals surface area (Å²) >= 11 is 9.80. The number of hydrogen-bond donors (Lipinski definition) is 1. The second kappa shape index (κ2) is 6.42. The molecular formula is C15H15BrClNO. The van der Waals surface area contributed by atoms with Crippen molar-refractivity contribution in [3.05, 3.63) is 63.1 Å². The van der Waals surface area contributed by atoms with E-state index in [1.807, 2.05) is 49.5 Å². The molecule has 0 aliphatic rings. The van der Waals surface area contributed by atoms with E-state index in [9.17, 15) is 0 Å². The Labute approximate surface area is 126 Å². The predicted molar refractivity (Wildman–Crippen MR) is 83.0 cm³/mol. The maximum atomic E-state index is 6.31. The number of halogens is 2. The molecule has 4 heteroatoms. The Hall–Kier alpha value is -1.03. The van der Waals surface area contributed by atoms with Gasteiger partial charge in [-0.2, -0.15) is 0 Å². The molecule has 0 heterocycles. The first-order valence-corrected chi connectivity index (χ1v) is 7.09. The van der Waals surface area contributed by atoms with Crippen LogP contribution in [0.15, 0.2) is 46.9 Å². The second-order valence-corrected chi connectivity index (χ2v) is 5.45. The fourth-order valence-corrected chi connectivity index (χ4v) is 2.72. The number of rotatable bonds is 4. The number of para-hydroxylation sites is 1. The summed E-state index contributed by atoms with van der Waals surface area (Å²) in [5.74, 6) is 0.845. The fourth-order valence-electron chi connectivity index (χ4n) is 2.12. The summed E-state index contributed by atoms with van der Waals surface area (Å²) in [6.07, 6.45) is 0. The lowest BCUT2D eigenvalue weighted by molar-refractivity contribution is 0.405. The van der Waals surface area contributed by atoms with Crippen LogP contribution in [0.5, 0.6) is 5.75 Å². The number of ether oxygens (including phenoxy) is 1. The van der Waals surface area contributed by atoms with Crippen LogP contribution in [-0.2, 0) is 0 Å². The van der Waals surface area contributed by atoms with Gasteiger partial charge >= 0.3 is 0 Å². The summed E-state index contributed by atoms with van der Waals surface area (Å²) in [6.45, 7) is 0. The van der Waals surface area contributed by atoms with Crippen LogP contribution in [-0.4, -0.2) is 14.2 Å². The Morgan fingerprint density at radius 3 is 2.58 bits per heavy atom. The molecule has 0 aliphatic heterocycles. The van der Waals surface area contributed by atoms with Gasteiger partial charge in [-0.15, -0.1) is 0 Å². The monoisotopic (exact) mass is 339 g/mol. The van der Waals surface area contributed by atoms with E-state index in [0.29, 0.717) is 0 Å². The van der Waals surface area contributed by atoms with E-state index in [4.69, 9.17) is 16.3 Å². The van der Waals surface area contributed by atoms with Crippen molar-refractivity contribution in [2.45, 2.75) is 6.04 Å². The van der Waals surface area contributed by atoms with Crippen molar-refractivity contribution in [2.24, 2.45) is 0 Å². The van der Waals surface area contributed by atoms with E-state index in [2.05, 4.69) is 21.2 Å². The van der Waals surface area contributed by atoms with Gasteiger partial charge in [-0.05, 0) is 36.9 Å². The van der Waals surface area contributed by atoms with Gasteiger partial charge in [-0.1, -0.05) is 45.7 Å². The minimum atomic E-state index is -0.0128. The van der Waals surface area contributed by atoms with Crippen molar-refractivity contribution in [1.82, 2.24) is 5.32 Å². The lowest BCUT2D eigenvalue weighted by Crippen LogP contribution is -2.18. The predicted octanol–water partition coefficient (Wildman–Crippen LogP) is 4.42. The standard InChI is InChI=1S/C15H15BrClNO/c1-18-15(11-5-3-4-6-14(11)19-2)12-9-10(16)7-8-13(12)17/h3-9,15,18H,1-2H3. The highest BCUT2D eigenvalue weighted by Crippen LogP contribution is 2.34. The van der Waals surface area contributed by atoms with Crippen LogP contribution in [0.4, 0.5) is 0 Å². The quantitative estimate of drug-likeness (QED) is 0.889. The van der Waals surface area contributed by atoms with Gasteiger partial charge in [-0.25, -0.2) is 0 Å². The van der Waals surface area contributed by atoms with Gasteiger partial charge in [-0.3, -0.25) is 0 Å². The van der Waals surface area contributed by atoms with Gasteiger partial charge in [0.05, 0.1) is 13.2 Å². The van der Waals surface area contributed by atoms with Gasteiger partial charge in [0.2, 0.25) is 0 Å². The van der Waals surface area contributed by atoms with Crippen molar-refractivity contribution >= 4 is 27.5 Å². The fraction of sp³-hybridized carbons (Fsp3) is 0.200. The van der Waals surface area contributed by atoms with Crippen LogP contribution in [0.25, 0.3) is 0 Å². The maximum absolute atomic E-state index is 6.31. The molecule has 2 rings (SSSR count). The van der Waals surface area contributed by atoms with Crippen molar-refractivity contribution in [3.8, 4) is 5.75 Å². The van der Waals surface area contributed by atoms with Crippen LogP contribution in [0.1, 0.15) is 17.2 Å². The number of hydrogen-bond acceptors (Lipinski definition) is 2. The summed E-state index contributed by atoms with van der Waals surface area (Å²) in [7, 11) is 3.59. The smallest absolute Gasteiger partial charge is 0.123 e. The largest absolute Gasteiger partial charge is 0.496 e. The molecule has 0 aliphatic carbocycles. The van der Waals surface area contributed by atoms with E-state index in [-0.39, 0.29) is 6.04 Å². The number of methoxy groups -OCH3 is 1. The van der Waals surface area contributed by atoms with E-state index in [1.54, 1.807) is 7.11 Å². The molecule has 0 saturated carbocycles. The van der Waals surface area contributed by atoms with E-state index < -0.39 is 0 Å². The van der Waals surface area contributed by atoms with Gasteiger partial charge in [0.25, 0.3) is 0 Å². The average Bonchev–Trinajstić information content (AvgIpc) is 2.44. The summed E-state index contributed by atoms with van der Waals surface area (Å²) in [4.78, 5) is 0. The maximum Gasteiger partial charge on any atom is 0.123 e. The molecule has 1 atom stereocenters. The highest BCUT2D eigenvalue weighted by molar-refractivity contribution is 9.10. The zero-order valence-electron chi connectivity index (χ0n) is 10.8. The molecule has 19 heavy (non-hydrogen) atoms. The number of nitrogens with one attached hydrogen (secondary N) is 1. The molecule has 0 aromatic heterocycles. The SMILES string of the molecule is CNC(c1cc(Br)ccc1Cl)c1ccccc1OC. The van der Waals surface area contributed by atoms with E-state index in [0.717, 1.165) is 26.4 Å². The van der Waals surface area contributed by atoms with Crippen LogP contribution >= 0.6 is 27.5 Å². The molecule has 0 spiro atoms. The molecule has 0 radical (unpaired) electrons. The summed E-state index contributed by atoms with van der Waals surface area (Å²) in [5, 5.41) is 4.02. The Morgan fingerprint density at radius 1 is 1.16 bits per heavy atom. The third-order valence-electron chi connectivity index (χ3n) is 3.01. The van der Waals surface area contributed by atoms with Crippen LogP contribution in [0.3, 0.4) is 0 Å². The van der Waals surface area contributed by atoms with Crippen molar-refractivity contribution in [3.63, 3.8) is 0 Å². The highest BCUT2D eigenvalue weighted by atomic mass is 79.9. The molecule has 0 saturated heterocycles. The van der Waals surface area contributed by atoms with Crippen molar-refractivity contribution in [1.29, 1.82) is 0 Å². The Morgan fingerprint density at radius 2 is 1.89 bits per heavy atom. The molecule has 1 unspecified atom stereocenters.